The molecule has 0 fully saturated rings. The zero-order valence-electron chi connectivity index (χ0n) is 10.9. The Kier molecular flexibility index (Phi) is 5.42. The second-order valence-electron chi connectivity index (χ2n) is 3.93. The lowest BCUT2D eigenvalue weighted by atomic mass is 10.4. The third-order valence-electron chi connectivity index (χ3n) is 2.46. The van der Waals surface area contributed by atoms with E-state index >= 15 is 0 Å². The SMILES string of the molecule is COC(CNS(=O)(=O)c1cccc(S(N)(=O)=O)c1)C(=O)O. The minimum Gasteiger partial charge on any atom is -0.479 e. The third-order valence-corrected chi connectivity index (χ3v) is 4.80. The standard InChI is InChI=1S/C10H14N2O7S2/c1-19-9(10(13)14)6-12-21(17,18)8-4-2-3-7(5-8)20(11,15)16/h2-5,9,12H,6H2,1H3,(H,13,14)(H2,11,15,16). The summed E-state index contributed by atoms with van der Waals surface area (Å²) in [6, 6.07) is 4.38. The molecule has 0 aliphatic carbocycles. The predicted octanol–water partition coefficient (Wildman–Crippen LogP) is -1.29. The number of hydrogen-bond donors (Lipinski definition) is 3. The van der Waals surface area contributed by atoms with Crippen LogP contribution in [0.25, 0.3) is 0 Å². The number of hydrogen-bond acceptors (Lipinski definition) is 6. The van der Waals surface area contributed by atoms with Crippen molar-refractivity contribution in [2.45, 2.75) is 15.9 Å². The van der Waals surface area contributed by atoms with Gasteiger partial charge in [-0.15, -0.1) is 0 Å². The van der Waals surface area contributed by atoms with E-state index in [0.717, 1.165) is 25.3 Å². The van der Waals surface area contributed by atoms with E-state index in [0.29, 0.717) is 0 Å². The molecule has 0 bridgehead atoms. The zero-order valence-corrected chi connectivity index (χ0v) is 12.5. The van der Waals surface area contributed by atoms with E-state index in [4.69, 9.17) is 10.2 Å². The van der Waals surface area contributed by atoms with Crippen LogP contribution in [0.1, 0.15) is 0 Å². The quantitative estimate of drug-likeness (QED) is 0.559. The van der Waals surface area contributed by atoms with Crippen LogP contribution in [0.4, 0.5) is 0 Å². The number of benzene rings is 1. The highest BCUT2D eigenvalue weighted by molar-refractivity contribution is 7.90. The largest absolute Gasteiger partial charge is 0.479 e. The first-order valence-electron chi connectivity index (χ1n) is 5.46. The van der Waals surface area contributed by atoms with Crippen LogP contribution in [0.5, 0.6) is 0 Å². The summed E-state index contributed by atoms with van der Waals surface area (Å²) in [6.07, 6.45) is -1.36. The number of aliphatic carboxylic acids is 1. The van der Waals surface area contributed by atoms with Crippen LogP contribution in [-0.4, -0.2) is 47.7 Å². The molecule has 118 valence electrons. The molecule has 11 heteroatoms. The number of nitrogens with one attached hydrogen (secondary N) is 1. The van der Waals surface area contributed by atoms with Crippen LogP contribution in [0, 0.1) is 0 Å². The molecule has 1 aromatic rings. The molecule has 1 aromatic carbocycles. The molecule has 9 nitrogen and oxygen atoms in total. The zero-order chi connectivity index (χ0) is 16.3. The minimum atomic E-state index is -4.10. The summed E-state index contributed by atoms with van der Waals surface area (Å²) in [5.74, 6) is -1.33. The van der Waals surface area contributed by atoms with Crippen molar-refractivity contribution in [3.8, 4) is 0 Å². The van der Waals surface area contributed by atoms with Gasteiger partial charge in [0.2, 0.25) is 20.0 Å². The molecule has 0 amide bonds. The van der Waals surface area contributed by atoms with Crippen molar-refractivity contribution in [3.63, 3.8) is 0 Å². The molecule has 0 aliphatic heterocycles. The Labute approximate surface area is 121 Å². The van der Waals surface area contributed by atoms with Gasteiger partial charge < -0.3 is 9.84 Å². The molecular weight excluding hydrogens is 324 g/mol. The van der Waals surface area contributed by atoms with Gasteiger partial charge >= 0.3 is 5.97 Å². The first-order chi connectivity index (χ1) is 9.58. The summed E-state index contributed by atoms with van der Waals surface area (Å²) in [5, 5.41) is 13.6. The smallest absolute Gasteiger partial charge is 0.334 e. The molecule has 0 heterocycles. The minimum absolute atomic E-state index is 0.353. The van der Waals surface area contributed by atoms with Gasteiger partial charge in [-0.1, -0.05) is 6.07 Å². The van der Waals surface area contributed by atoms with Crippen LogP contribution in [0.3, 0.4) is 0 Å². The molecule has 1 atom stereocenters. The van der Waals surface area contributed by atoms with Gasteiger partial charge in [0.15, 0.2) is 6.10 Å². The number of ether oxygens (including phenoxy) is 1. The van der Waals surface area contributed by atoms with E-state index in [1.54, 1.807) is 0 Å². The van der Waals surface area contributed by atoms with Gasteiger partial charge in [-0.25, -0.2) is 31.5 Å². The molecule has 0 aromatic heterocycles. The van der Waals surface area contributed by atoms with Gasteiger partial charge in [-0.05, 0) is 18.2 Å². The van der Waals surface area contributed by atoms with Crippen LogP contribution >= 0.6 is 0 Å². The predicted molar refractivity (Wildman–Crippen MR) is 71.4 cm³/mol. The van der Waals surface area contributed by atoms with Gasteiger partial charge in [0.25, 0.3) is 0 Å². The highest BCUT2D eigenvalue weighted by Crippen LogP contribution is 2.14. The number of primary sulfonamides is 1. The molecule has 4 N–H and O–H groups in total. The second kappa shape index (κ2) is 6.49. The van der Waals surface area contributed by atoms with Crippen molar-refractivity contribution in [3.05, 3.63) is 24.3 Å². The Morgan fingerprint density at radius 3 is 2.38 bits per heavy atom. The number of nitrogens with two attached hydrogens (primary N) is 1. The highest BCUT2D eigenvalue weighted by Gasteiger charge is 2.22. The van der Waals surface area contributed by atoms with Gasteiger partial charge in [-0.3, -0.25) is 0 Å². The molecule has 21 heavy (non-hydrogen) atoms. The molecule has 0 aliphatic rings. The molecule has 1 rings (SSSR count). The van der Waals surface area contributed by atoms with Crippen molar-refractivity contribution < 1.29 is 31.5 Å². The Hall–Kier alpha value is -1.53. The monoisotopic (exact) mass is 338 g/mol. The van der Waals surface area contributed by atoms with Crippen LogP contribution in [0.15, 0.2) is 34.1 Å². The van der Waals surface area contributed by atoms with Crippen molar-refractivity contribution >= 4 is 26.0 Å². The summed E-state index contributed by atoms with van der Waals surface area (Å²) in [6.45, 7) is -0.506. The maximum Gasteiger partial charge on any atom is 0.334 e. The van der Waals surface area contributed by atoms with Gasteiger partial charge in [0.1, 0.15) is 0 Å². The van der Waals surface area contributed by atoms with Crippen LogP contribution in [0.2, 0.25) is 0 Å². The average molecular weight is 338 g/mol. The summed E-state index contributed by atoms with van der Waals surface area (Å²) < 4.78 is 52.9. The average Bonchev–Trinajstić information content (AvgIpc) is 2.38. The van der Waals surface area contributed by atoms with E-state index in [1.165, 1.54) is 6.07 Å². The summed E-state index contributed by atoms with van der Waals surface area (Å²) in [7, 11) is -7.02. The van der Waals surface area contributed by atoms with Crippen molar-refractivity contribution in [2.24, 2.45) is 5.14 Å². The molecule has 0 spiro atoms. The molecule has 0 saturated heterocycles. The molecule has 1 unspecified atom stereocenters. The fourth-order valence-corrected chi connectivity index (χ4v) is 3.07. The van der Waals surface area contributed by atoms with Gasteiger partial charge in [0.05, 0.1) is 9.79 Å². The Morgan fingerprint density at radius 2 is 1.90 bits per heavy atom. The number of methoxy groups -OCH3 is 1. The lowest BCUT2D eigenvalue weighted by Crippen LogP contribution is -2.37. The number of carboxylic acids is 1. The Bertz CT molecular complexity index is 728. The van der Waals surface area contributed by atoms with E-state index in [9.17, 15) is 21.6 Å². The van der Waals surface area contributed by atoms with Gasteiger partial charge in [0, 0.05) is 13.7 Å². The Morgan fingerprint density at radius 1 is 1.33 bits per heavy atom. The maximum absolute atomic E-state index is 12.0. The fourth-order valence-electron chi connectivity index (χ4n) is 1.36. The molecular formula is C10H14N2O7S2. The van der Waals surface area contributed by atoms with E-state index in [2.05, 4.69) is 4.74 Å². The lowest BCUT2D eigenvalue weighted by Gasteiger charge is -2.12. The lowest BCUT2D eigenvalue weighted by molar-refractivity contribution is -0.147. The summed E-state index contributed by atoms with van der Waals surface area (Å²) >= 11 is 0. The van der Waals surface area contributed by atoms with Crippen molar-refractivity contribution in [1.82, 2.24) is 4.72 Å². The topological polar surface area (TPSA) is 153 Å². The maximum atomic E-state index is 12.0. The third kappa shape index (κ3) is 4.75. The van der Waals surface area contributed by atoms with Crippen molar-refractivity contribution in [2.75, 3.05) is 13.7 Å². The number of sulfonamides is 2. The normalized spacial score (nSPS) is 13.8. The fraction of sp³-hybridized carbons (Fsp3) is 0.300. The first kappa shape index (κ1) is 17.5. The second-order valence-corrected chi connectivity index (χ2v) is 7.26. The van der Waals surface area contributed by atoms with Crippen molar-refractivity contribution in [1.29, 1.82) is 0 Å². The number of carboxylic acid groups (broad SMARTS) is 1. The Balaban J connectivity index is 3.01. The number of carbonyl (C=O) groups is 1. The molecule has 0 saturated carbocycles. The van der Waals surface area contributed by atoms with Gasteiger partial charge in [-0.2, -0.15) is 0 Å². The van der Waals surface area contributed by atoms with E-state index in [-0.39, 0.29) is 9.79 Å². The molecule has 0 radical (unpaired) electrons. The van der Waals surface area contributed by atoms with E-state index < -0.39 is 38.7 Å². The summed E-state index contributed by atoms with van der Waals surface area (Å²) in [4.78, 5) is 9.99. The van der Waals surface area contributed by atoms with E-state index in [1.807, 2.05) is 4.72 Å². The van der Waals surface area contributed by atoms with Crippen LogP contribution < -0.4 is 9.86 Å². The first-order valence-corrected chi connectivity index (χ1v) is 8.49. The number of rotatable bonds is 7. The van der Waals surface area contributed by atoms with Crippen LogP contribution in [-0.2, 0) is 29.6 Å². The highest BCUT2D eigenvalue weighted by atomic mass is 32.2. The summed E-state index contributed by atoms with van der Waals surface area (Å²) in [5.41, 5.74) is 0.